The van der Waals surface area contributed by atoms with Gasteiger partial charge in [0, 0.05) is 0 Å². The highest BCUT2D eigenvalue weighted by molar-refractivity contribution is 8.27. The first kappa shape index (κ1) is 10.0. The number of rotatable bonds is 2. The van der Waals surface area contributed by atoms with Gasteiger partial charge >= 0.3 is 5.97 Å². The summed E-state index contributed by atoms with van der Waals surface area (Å²) in [6.45, 7) is 0. The zero-order valence-corrected chi connectivity index (χ0v) is 7.61. The molecule has 0 aromatic carbocycles. The average molecular weight is 218 g/mol. The van der Waals surface area contributed by atoms with Crippen molar-refractivity contribution in [2.24, 2.45) is 0 Å². The zero-order valence-electron chi connectivity index (χ0n) is 5.97. The van der Waals surface area contributed by atoms with Gasteiger partial charge in [0.05, 0.1) is 10.2 Å². The largest absolute Gasteiger partial charge is 0.867 e. The van der Waals surface area contributed by atoms with Crippen molar-refractivity contribution < 1.29 is 24.9 Å². The van der Waals surface area contributed by atoms with Gasteiger partial charge in [-0.25, -0.2) is 4.79 Å². The summed E-state index contributed by atoms with van der Waals surface area (Å²) in [5, 5.41) is 30.2. The summed E-state index contributed by atoms with van der Waals surface area (Å²) in [6, 6.07) is 0. The molecule has 0 unspecified atom stereocenters. The number of aliphatic carboxylic acids is 2. The quantitative estimate of drug-likeness (QED) is 0.348. The van der Waals surface area contributed by atoms with E-state index in [9.17, 15) is 19.8 Å². The van der Waals surface area contributed by atoms with E-state index in [0.717, 1.165) is 17.2 Å². The molecule has 70 valence electrons. The number of carbonyl (C=O) groups excluding carboxylic acids is 1. The first-order valence-electron chi connectivity index (χ1n) is 2.93. The number of hydrogen-bond donors (Lipinski definition) is 1. The molecule has 1 aliphatic rings. The monoisotopic (exact) mass is 218 g/mol. The van der Waals surface area contributed by atoms with E-state index in [1.165, 1.54) is 0 Å². The number of thioether (sulfide) groups is 2. The fourth-order valence-corrected chi connectivity index (χ4v) is 2.48. The molecule has 0 aromatic heterocycles. The summed E-state index contributed by atoms with van der Waals surface area (Å²) in [4.78, 5) is 20.7. The van der Waals surface area contributed by atoms with Crippen molar-refractivity contribution in [3.8, 4) is 0 Å². The maximum Gasteiger partial charge on any atom is 0.339 e. The molecule has 0 radical (unpaired) electrons. The lowest BCUT2D eigenvalue weighted by Gasteiger charge is -2.07. The molecule has 0 fully saturated rings. The van der Waals surface area contributed by atoms with Crippen LogP contribution in [-0.4, -0.2) is 17.0 Å². The summed E-state index contributed by atoms with van der Waals surface area (Å²) in [6.07, 6.45) is 0. The van der Waals surface area contributed by atoms with Gasteiger partial charge in [-0.3, -0.25) is 0 Å². The van der Waals surface area contributed by atoms with Gasteiger partial charge in [0.2, 0.25) is 0 Å². The van der Waals surface area contributed by atoms with Crippen molar-refractivity contribution in [3.05, 3.63) is 20.3 Å². The molecule has 1 rings (SSSR count). The van der Waals surface area contributed by atoms with Crippen LogP contribution in [0, 0.1) is 0 Å². The second-order valence-electron chi connectivity index (χ2n) is 1.91. The molecule has 0 saturated carbocycles. The van der Waals surface area contributed by atoms with Gasteiger partial charge in [-0.15, -0.1) is 0 Å². The Morgan fingerprint density at radius 3 is 2.38 bits per heavy atom. The van der Waals surface area contributed by atoms with E-state index in [4.69, 9.17) is 5.11 Å². The number of carboxylic acid groups (broad SMARTS) is 2. The van der Waals surface area contributed by atoms with Gasteiger partial charge in [-0.05, 0) is 5.41 Å². The molecule has 0 saturated heterocycles. The predicted molar refractivity (Wildman–Crippen MR) is 42.9 cm³/mol. The molecule has 1 aliphatic heterocycles. The summed E-state index contributed by atoms with van der Waals surface area (Å²) in [5.41, 5.74) is -0.864. The van der Waals surface area contributed by atoms with Crippen molar-refractivity contribution in [1.29, 1.82) is 0 Å². The van der Waals surface area contributed by atoms with Crippen molar-refractivity contribution in [1.82, 2.24) is 0 Å². The van der Waals surface area contributed by atoms with Crippen LogP contribution in [0.5, 0.6) is 0 Å². The minimum atomic E-state index is -1.79. The maximum absolute atomic E-state index is 10.6. The van der Waals surface area contributed by atoms with Crippen LogP contribution in [0.3, 0.4) is 0 Å². The molecular weight excluding hydrogens is 216 g/mol. The van der Waals surface area contributed by atoms with Crippen molar-refractivity contribution >= 4 is 35.5 Å². The van der Waals surface area contributed by atoms with Crippen LogP contribution in [0.15, 0.2) is 20.3 Å². The highest BCUT2D eigenvalue weighted by Gasteiger charge is 2.18. The van der Waals surface area contributed by atoms with Gasteiger partial charge in [0.1, 0.15) is 5.57 Å². The fourth-order valence-electron chi connectivity index (χ4n) is 0.609. The van der Waals surface area contributed by atoms with E-state index in [0.29, 0.717) is 11.8 Å². The average Bonchev–Trinajstić information content (AvgIpc) is 2.34. The molecule has 13 heavy (non-hydrogen) atoms. The Morgan fingerprint density at radius 1 is 1.46 bits per heavy atom. The second kappa shape index (κ2) is 3.75. The minimum Gasteiger partial charge on any atom is -0.867 e. The van der Waals surface area contributed by atoms with Crippen molar-refractivity contribution in [2.75, 3.05) is 0 Å². The van der Waals surface area contributed by atoms with Gasteiger partial charge in [0.15, 0.2) is 0 Å². The van der Waals surface area contributed by atoms with Crippen molar-refractivity contribution in [2.45, 2.75) is 0 Å². The van der Waals surface area contributed by atoms with Gasteiger partial charge in [0.25, 0.3) is 0 Å². The Labute approximate surface area is 81.1 Å². The van der Waals surface area contributed by atoms with E-state index in [2.05, 4.69) is 0 Å². The normalized spacial score (nSPS) is 19.5. The lowest BCUT2D eigenvalue weighted by molar-refractivity contribution is -0.299. The predicted octanol–water partition coefficient (Wildman–Crippen LogP) is -1.33. The minimum absolute atomic E-state index is 0.0579. The SMILES string of the molecule is O=C([O-])/C(C(=O)O)=C1/SC=C([O-])S1. The Balaban J connectivity index is 3.00. The summed E-state index contributed by atoms with van der Waals surface area (Å²) in [7, 11) is 0. The molecule has 0 amide bonds. The third-order valence-electron chi connectivity index (χ3n) is 1.08. The highest BCUT2D eigenvalue weighted by Crippen LogP contribution is 2.42. The number of carbonyl (C=O) groups is 2. The summed E-state index contributed by atoms with van der Waals surface area (Å²) < 4.78 is -0.0579. The van der Waals surface area contributed by atoms with Crippen LogP contribution in [0.1, 0.15) is 0 Å². The smallest absolute Gasteiger partial charge is 0.339 e. The van der Waals surface area contributed by atoms with Crippen LogP contribution < -0.4 is 10.2 Å². The lowest BCUT2D eigenvalue weighted by Crippen LogP contribution is -2.29. The molecule has 7 heteroatoms. The first-order chi connectivity index (χ1) is 6.02. The number of carboxylic acids is 2. The Hall–Kier alpha value is -1.08. The van der Waals surface area contributed by atoms with Gasteiger partial charge in [-0.2, -0.15) is 0 Å². The Bertz CT molecular complexity index is 314. The van der Waals surface area contributed by atoms with E-state index in [1.807, 2.05) is 0 Å². The molecule has 0 aliphatic carbocycles. The lowest BCUT2D eigenvalue weighted by atomic mass is 10.3. The first-order valence-corrected chi connectivity index (χ1v) is 4.62. The second-order valence-corrected chi connectivity index (χ2v) is 4.06. The summed E-state index contributed by atoms with van der Waals surface area (Å²) >= 11 is 1.36. The molecule has 5 nitrogen and oxygen atoms in total. The molecule has 0 atom stereocenters. The van der Waals surface area contributed by atoms with Crippen LogP contribution in [0.4, 0.5) is 0 Å². The molecule has 1 N–H and O–H groups in total. The topological polar surface area (TPSA) is 100 Å². The van der Waals surface area contributed by atoms with E-state index in [1.54, 1.807) is 0 Å². The van der Waals surface area contributed by atoms with Gasteiger partial charge in [-0.1, -0.05) is 28.6 Å². The van der Waals surface area contributed by atoms with Gasteiger partial charge < -0.3 is 20.1 Å². The molecule has 0 bridgehead atoms. The van der Waals surface area contributed by atoms with E-state index >= 15 is 0 Å². The fraction of sp³-hybridized carbons (Fsp3) is 0. The summed E-state index contributed by atoms with van der Waals surface area (Å²) in [5.74, 6) is -3.39. The molecule has 0 aromatic rings. The third kappa shape index (κ3) is 2.19. The standard InChI is InChI=1S/C6H4O5S2/c7-2-1-12-6(13-2)3(4(8)9)5(10)11/h1,7H,(H,8,9)(H,10,11)/p-2. The third-order valence-corrected chi connectivity index (χ3v) is 3.22. The van der Waals surface area contributed by atoms with Crippen LogP contribution in [0.25, 0.3) is 0 Å². The van der Waals surface area contributed by atoms with E-state index in [-0.39, 0.29) is 9.33 Å². The van der Waals surface area contributed by atoms with Crippen LogP contribution in [-0.2, 0) is 9.59 Å². The molecule has 1 heterocycles. The van der Waals surface area contributed by atoms with Crippen molar-refractivity contribution in [3.63, 3.8) is 0 Å². The van der Waals surface area contributed by atoms with E-state index < -0.39 is 17.5 Å². The zero-order chi connectivity index (χ0) is 10.0. The Morgan fingerprint density at radius 2 is 2.08 bits per heavy atom. The Kier molecular flexibility index (Phi) is 2.89. The van der Waals surface area contributed by atoms with Crippen LogP contribution >= 0.6 is 23.5 Å². The molecule has 0 spiro atoms. The molecular formula is C6H2O5S2-2. The van der Waals surface area contributed by atoms with Crippen LogP contribution in [0.2, 0.25) is 0 Å². The maximum atomic E-state index is 10.6. The highest BCUT2D eigenvalue weighted by atomic mass is 32.2. The number of hydrogen-bond acceptors (Lipinski definition) is 6.